The van der Waals surface area contributed by atoms with E-state index in [9.17, 15) is 40.2 Å². The van der Waals surface area contributed by atoms with Gasteiger partial charge >= 0.3 is 5.97 Å². The van der Waals surface area contributed by atoms with Gasteiger partial charge in [-0.05, 0) is 183 Å². The number of aryl methyl sites for hydroxylation is 1. The first-order valence-electron chi connectivity index (χ1n) is 30.7. The number of ether oxygens (including phenoxy) is 3. The topological polar surface area (TPSA) is 249 Å². The number of aromatic nitrogens is 3. The zero-order valence-corrected chi connectivity index (χ0v) is 48.6. The fraction of sp³-hybridized carbons (Fsp3) is 0.443. The summed E-state index contributed by atoms with van der Waals surface area (Å²) in [5.74, 6) is 4.43. The van der Waals surface area contributed by atoms with Crippen LogP contribution in [-0.2, 0) is 32.0 Å². The minimum absolute atomic E-state index is 0.0120. The summed E-state index contributed by atoms with van der Waals surface area (Å²) < 4.78 is 20.2. The number of Topliss-reactive ketones (excluding diaryl/α,β-unsaturated/α-hetero) is 1. The fourth-order valence-electron chi connectivity index (χ4n) is 17.3. The molecule has 4 fully saturated rings. The van der Waals surface area contributed by atoms with E-state index in [2.05, 4.69) is 56.0 Å². The Morgan fingerprint density at radius 3 is 2.56 bits per heavy atom. The molecular formula is C70H76N4O12. The Morgan fingerprint density at radius 2 is 1.74 bits per heavy atom. The van der Waals surface area contributed by atoms with Crippen molar-refractivity contribution in [3.63, 3.8) is 0 Å². The molecule has 86 heavy (non-hydrogen) atoms. The molecule has 0 amide bonds. The van der Waals surface area contributed by atoms with Gasteiger partial charge in [0.05, 0.1) is 54.4 Å². The number of nitrogens with one attached hydrogen (secondary N) is 3. The number of aliphatic hydroxyl groups excluding tert-OH is 3. The van der Waals surface area contributed by atoms with Gasteiger partial charge in [0.15, 0.2) is 23.0 Å². The summed E-state index contributed by atoms with van der Waals surface area (Å²) in [6.07, 6.45) is 8.50. The molecule has 2 spiro atoms. The number of allylic oxidation sites excluding steroid dienone is 1. The average Bonchev–Trinajstić information content (AvgIpc) is 1.52. The third-order valence-corrected chi connectivity index (χ3v) is 20.7. The maximum absolute atomic E-state index is 15.5. The molecule has 16 nitrogen and oxygen atoms in total. The molecule has 0 radical (unpaired) electrons. The molecule has 448 valence electrons. The highest BCUT2D eigenvalue weighted by Crippen LogP contribution is 2.70. The Balaban J connectivity index is 0.980. The lowest BCUT2D eigenvalue weighted by Gasteiger charge is -2.59. The Morgan fingerprint density at radius 1 is 0.895 bits per heavy atom. The van der Waals surface area contributed by atoms with Gasteiger partial charge in [0.2, 0.25) is 0 Å². The number of aliphatic hydroxyl groups is 3. The summed E-state index contributed by atoms with van der Waals surface area (Å²) in [7, 11) is 1.52. The second kappa shape index (κ2) is 23.1. The first-order chi connectivity index (χ1) is 41.7. The van der Waals surface area contributed by atoms with Crippen molar-refractivity contribution in [2.45, 2.75) is 139 Å². The van der Waals surface area contributed by atoms with Crippen molar-refractivity contribution in [1.29, 1.82) is 0 Å². The van der Waals surface area contributed by atoms with Gasteiger partial charge in [0.25, 0.3) is 0 Å². The third kappa shape index (κ3) is 10.2. The molecule has 5 heterocycles. The number of aldehydes is 1. The molecule has 1 saturated heterocycles. The molecule has 16 heteroatoms. The SMILES string of the molecule is COc1cc2c(cc1O)C1=C[C@H]3C[C@]4(C[C@]5(C[C@H]4C=O)N[C@@H]([C@H](C)O)CC[C@H]5n4c(-c5cccc(O)c5)cc5[nH]ccc54)[C@H]4C[C@H](O)CC[C@@H]4[C@@H]3[C@@H]2CC(=O)C[C@@H](CCc2ccc(O)c(OCCO)c2)OC(=O)CC#CCc2c1[nH]c1ccccc21. The Bertz CT molecular complexity index is 3840. The number of aromatic hydroxyl groups is 3. The van der Waals surface area contributed by atoms with Crippen molar-refractivity contribution in [3.8, 4) is 51.8 Å². The molecule has 2 bridgehead atoms. The van der Waals surface area contributed by atoms with Crippen molar-refractivity contribution < 1.29 is 59.2 Å². The lowest BCUT2D eigenvalue weighted by atomic mass is 9.46. The number of benzene rings is 4. The van der Waals surface area contributed by atoms with E-state index in [-0.39, 0.29) is 116 Å². The molecule has 13 rings (SSSR count). The number of phenolic OH excluding ortho intramolecular Hbond substituents is 3. The molecule has 6 aliphatic rings. The zero-order chi connectivity index (χ0) is 59.6. The number of aromatic amines is 2. The molecule has 2 aliphatic heterocycles. The Hall–Kier alpha value is -7.81. The Labute approximate surface area is 499 Å². The van der Waals surface area contributed by atoms with Gasteiger partial charge in [0, 0.05) is 65.0 Å². The zero-order valence-electron chi connectivity index (χ0n) is 48.6. The van der Waals surface area contributed by atoms with E-state index in [0.29, 0.717) is 57.8 Å². The van der Waals surface area contributed by atoms with Gasteiger partial charge in [-0.3, -0.25) is 9.59 Å². The number of piperidine rings is 1. The van der Waals surface area contributed by atoms with Gasteiger partial charge in [0.1, 0.15) is 37.0 Å². The summed E-state index contributed by atoms with van der Waals surface area (Å²) in [5, 5.41) is 71.6. The van der Waals surface area contributed by atoms with Crippen molar-refractivity contribution in [2.75, 3.05) is 20.3 Å². The molecular weight excluding hydrogens is 1090 g/mol. The molecule has 0 unspecified atom stereocenters. The molecule has 4 aliphatic carbocycles. The normalized spacial score (nSPS) is 29.5. The van der Waals surface area contributed by atoms with Crippen molar-refractivity contribution in [2.24, 2.45) is 35.0 Å². The summed E-state index contributed by atoms with van der Waals surface area (Å²) in [6, 6.07) is 27.7. The molecule has 13 atom stereocenters. The number of rotatable bonds is 11. The largest absolute Gasteiger partial charge is 0.508 e. The molecule has 3 aromatic heterocycles. The first kappa shape index (κ1) is 57.3. The second-order valence-corrected chi connectivity index (χ2v) is 25.5. The Kier molecular flexibility index (Phi) is 15.4. The van der Waals surface area contributed by atoms with E-state index in [0.717, 1.165) is 66.7 Å². The van der Waals surface area contributed by atoms with E-state index < -0.39 is 47.1 Å². The standard InChI is InChI=1S/C70H76N4O12/c1-39(77)56-19-21-65(74-59-22-23-71-58(59)34-60(74)41-8-7-9-44(78)27-41)70(73-56)36-43(37-76)69(38-70)35-42-28-54-51-32-62(82)63(84-2)33-52(51)53(67(42)50-18-16-45(79)31-55(50)69)30-46(80)29-47(17-14-40-15-20-61(81)64(26-40)85-25-24-75)86-66(83)13-6-4-11-49-48-10-3-5-12-57(48)72-68(49)54/h3,5,7-10,12,15,20,22-23,26-28,32-34,37,39,42-43,45,47,50,53,55-56,65,67,71-73,75,77-79,81-82H,11,13-14,16-19,21,24-25,29-31,35-36,38H2,1-2H3/t39-,42-,43-,45+,47+,50-,53+,55-,56+,65+,67+,69+,70-/m0/s1. The van der Waals surface area contributed by atoms with Gasteiger partial charge < -0.3 is 69.5 Å². The van der Waals surface area contributed by atoms with Gasteiger partial charge in [-0.2, -0.15) is 0 Å². The number of nitrogens with zero attached hydrogens (tertiary/aromatic N) is 1. The number of hydrogen-bond acceptors (Lipinski definition) is 13. The molecule has 3 saturated carbocycles. The number of carbonyl (C=O) groups is 3. The quantitative estimate of drug-likeness (QED) is 0.0333. The summed E-state index contributed by atoms with van der Waals surface area (Å²) >= 11 is 0. The number of para-hydroxylation sites is 1. The van der Waals surface area contributed by atoms with Gasteiger partial charge in [-0.1, -0.05) is 54.3 Å². The third-order valence-electron chi connectivity index (χ3n) is 20.7. The number of hydrogen-bond donors (Lipinski definition) is 9. The average molecular weight is 1170 g/mol. The highest BCUT2D eigenvalue weighted by Gasteiger charge is 2.67. The van der Waals surface area contributed by atoms with E-state index >= 15 is 4.79 Å². The van der Waals surface area contributed by atoms with E-state index in [4.69, 9.17) is 14.2 Å². The first-order valence-corrected chi connectivity index (χ1v) is 30.7. The predicted octanol–water partition coefficient (Wildman–Crippen LogP) is 10.1. The maximum atomic E-state index is 15.5. The van der Waals surface area contributed by atoms with Crippen LogP contribution >= 0.6 is 0 Å². The van der Waals surface area contributed by atoms with Crippen LogP contribution in [-0.4, -0.2) is 113 Å². The summed E-state index contributed by atoms with van der Waals surface area (Å²) in [4.78, 5) is 51.3. The minimum Gasteiger partial charge on any atom is -0.508 e. The monoisotopic (exact) mass is 1160 g/mol. The van der Waals surface area contributed by atoms with E-state index in [1.54, 1.807) is 30.3 Å². The van der Waals surface area contributed by atoms with Gasteiger partial charge in [-0.25, -0.2) is 0 Å². The van der Waals surface area contributed by atoms with E-state index in [1.165, 1.54) is 19.5 Å². The number of methoxy groups -OCH3 is 1. The number of carbonyl (C=O) groups excluding carboxylic acids is 3. The lowest BCUT2D eigenvalue weighted by Crippen LogP contribution is -2.61. The predicted molar refractivity (Wildman–Crippen MR) is 325 cm³/mol. The van der Waals surface area contributed by atoms with Crippen LogP contribution in [0, 0.1) is 46.8 Å². The van der Waals surface area contributed by atoms with E-state index in [1.807, 2.05) is 49.5 Å². The van der Waals surface area contributed by atoms with Crippen molar-refractivity contribution in [3.05, 3.63) is 131 Å². The van der Waals surface area contributed by atoms with Crippen LogP contribution in [0.25, 0.3) is 38.8 Å². The van der Waals surface area contributed by atoms with Crippen LogP contribution in [0.5, 0.6) is 28.7 Å². The number of phenols is 3. The highest BCUT2D eigenvalue weighted by molar-refractivity contribution is 5.95. The van der Waals surface area contributed by atoms with Crippen LogP contribution in [0.1, 0.15) is 124 Å². The molecule has 4 aromatic carbocycles. The molecule has 7 aromatic rings. The van der Waals surface area contributed by atoms with Crippen LogP contribution in [0.3, 0.4) is 0 Å². The van der Waals surface area contributed by atoms with Crippen LogP contribution < -0.4 is 14.8 Å². The van der Waals surface area contributed by atoms with Crippen molar-refractivity contribution in [1.82, 2.24) is 19.9 Å². The number of ketones is 1. The fourth-order valence-corrected chi connectivity index (χ4v) is 17.3. The smallest absolute Gasteiger partial charge is 0.318 e. The number of cyclic esters (lactones) is 1. The molecule has 9 N–H and O–H groups in total. The lowest BCUT2D eigenvalue weighted by molar-refractivity contribution is -0.149. The highest BCUT2D eigenvalue weighted by atomic mass is 16.5. The minimum atomic E-state index is -0.845. The van der Waals surface area contributed by atoms with Crippen molar-refractivity contribution >= 4 is 45.5 Å². The maximum Gasteiger partial charge on any atom is 0.318 e. The van der Waals surface area contributed by atoms with Gasteiger partial charge in [-0.15, -0.1) is 0 Å². The van der Waals surface area contributed by atoms with Crippen LogP contribution in [0.4, 0.5) is 0 Å². The summed E-state index contributed by atoms with van der Waals surface area (Å²) in [6.45, 7) is 1.58. The second-order valence-electron chi connectivity index (χ2n) is 25.5. The number of esters is 1. The number of fused-ring (bicyclic) bond motifs is 10. The van der Waals surface area contributed by atoms with Crippen LogP contribution in [0.2, 0.25) is 0 Å². The number of H-pyrrole nitrogens is 2. The van der Waals surface area contributed by atoms with Crippen LogP contribution in [0.15, 0.2) is 103 Å². The summed E-state index contributed by atoms with van der Waals surface area (Å²) in [5.41, 5.74) is 8.01.